The lowest BCUT2D eigenvalue weighted by molar-refractivity contribution is -0.124. The number of nitrogens with one attached hydrogen (secondary N) is 1. The molecular weight excluding hydrogens is 306 g/mol. The van der Waals surface area contributed by atoms with Crippen molar-refractivity contribution in [3.8, 4) is 0 Å². The minimum Gasteiger partial charge on any atom is -0.378 e. The molecule has 4 heteroatoms. The quantitative estimate of drug-likeness (QED) is 0.724. The van der Waals surface area contributed by atoms with Crippen LogP contribution >= 0.6 is 15.9 Å². The van der Waals surface area contributed by atoms with E-state index in [1.807, 2.05) is 6.92 Å². The highest BCUT2D eigenvalue weighted by molar-refractivity contribution is 9.09. The lowest BCUT2D eigenvalue weighted by Gasteiger charge is -2.34. The van der Waals surface area contributed by atoms with Gasteiger partial charge in [0.1, 0.15) is 0 Å². The van der Waals surface area contributed by atoms with E-state index >= 15 is 0 Å². The number of carbonyl (C=O) groups is 1. The minimum atomic E-state index is 0.179. The van der Waals surface area contributed by atoms with Gasteiger partial charge in [-0.3, -0.25) is 4.79 Å². The van der Waals surface area contributed by atoms with Gasteiger partial charge in [0.2, 0.25) is 5.91 Å². The monoisotopic (exact) mass is 333 g/mol. The van der Waals surface area contributed by atoms with Crippen molar-refractivity contribution in [3.05, 3.63) is 0 Å². The first-order chi connectivity index (χ1) is 8.80. The Morgan fingerprint density at radius 3 is 2.58 bits per heavy atom. The number of alkyl halides is 1. The molecule has 0 radical (unpaired) electrons. The van der Waals surface area contributed by atoms with E-state index in [1.54, 1.807) is 0 Å². The molecular formula is C15H28BrNO2. The molecule has 3 nitrogen and oxygen atoms in total. The van der Waals surface area contributed by atoms with Crippen LogP contribution in [0.5, 0.6) is 0 Å². The summed E-state index contributed by atoms with van der Waals surface area (Å²) in [6.07, 6.45) is 4.19. The molecule has 0 aromatic carbocycles. The molecule has 0 aromatic rings. The first-order valence-corrected chi connectivity index (χ1v) is 8.24. The average molecular weight is 334 g/mol. The second-order valence-electron chi connectivity index (χ2n) is 6.79. The summed E-state index contributed by atoms with van der Waals surface area (Å²) < 4.78 is 5.50. The molecule has 1 amide bonds. The van der Waals surface area contributed by atoms with Crippen molar-refractivity contribution in [2.75, 3.05) is 13.2 Å². The van der Waals surface area contributed by atoms with E-state index < -0.39 is 0 Å². The van der Waals surface area contributed by atoms with Gasteiger partial charge in [-0.25, -0.2) is 0 Å². The molecule has 0 aliphatic heterocycles. The Morgan fingerprint density at radius 1 is 1.42 bits per heavy atom. The van der Waals surface area contributed by atoms with Crippen LogP contribution in [-0.4, -0.2) is 30.0 Å². The highest BCUT2D eigenvalue weighted by atomic mass is 79.9. The van der Waals surface area contributed by atoms with Gasteiger partial charge in [0.05, 0.1) is 6.10 Å². The van der Waals surface area contributed by atoms with Crippen LogP contribution in [0.25, 0.3) is 0 Å². The van der Waals surface area contributed by atoms with Crippen molar-refractivity contribution < 1.29 is 9.53 Å². The van der Waals surface area contributed by atoms with Crippen molar-refractivity contribution in [1.29, 1.82) is 0 Å². The van der Waals surface area contributed by atoms with E-state index in [2.05, 4.69) is 42.0 Å². The fraction of sp³-hybridized carbons (Fsp3) is 0.933. The first-order valence-electron chi connectivity index (χ1n) is 7.32. The normalized spacial score (nSPS) is 24.7. The molecule has 112 valence electrons. The van der Waals surface area contributed by atoms with Gasteiger partial charge >= 0.3 is 0 Å². The molecule has 0 spiro atoms. The zero-order valence-corrected chi connectivity index (χ0v) is 14.3. The average Bonchev–Trinajstić information content (AvgIpc) is 2.21. The molecule has 0 aromatic heterocycles. The fourth-order valence-corrected chi connectivity index (χ4v) is 3.64. The summed E-state index contributed by atoms with van der Waals surface area (Å²) in [7, 11) is 0. The zero-order chi connectivity index (χ0) is 14.5. The van der Waals surface area contributed by atoms with E-state index in [4.69, 9.17) is 4.74 Å². The van der Waals surface area contributed by atoms with E-state index in [0.29, 0.717) is 23.3 Å². The van der Waals surface area contributed by atoms with Crippen LogP contribution in [-0.2, 0) is 9.53 Å². The number of hydrogen-bond acceptors (Lipinski definition) is 2. The summed E-state index contributed by atoms with van der Waals surface area (Å²) in [5.74, 6) is 0.700. The molecule has 0 bridgehead atoms. The summed E-state index contributed by atoms with van der Waals surface area (Å²) >= 11 is 3.63. The lowest BCUT2D eigenvalue weighted by Crippen LogP contribution is -2.37. The van der Waals surface area contributed by atoms with Gasteiger partial charge in [-0.05, 0) is 37.5 Å². The van der Waals surface area contributed by atoms with Crippen molar-refractivity contribution in [2.45, 2.75) is 64.3 Å². The van der Waals surface area contributed by atoms with Crippen LogP contribution in [0.1, 0.15) is 53.4 Å². The topological polar surface area (TPSA) is 38.3 Å². The van der Waals surface area contributed by atoms with E-state index in [9.17, 15) is 4.79 Å². The molecule has 0 saturated heterocycles. The maximum atomic E-state index is 11.8. The molecule has 1 saturated carbocycles. The van der Waals surface area contributed by atoms with Gasteiger partial charge in [0, 0.05) is 24.4 Å². The zero-order valence-electron chi connectivity index (χ0n) is 12.7. The van der Waals surface area contributed by atoms with E-state index in [0.717, 1.165) is 32.4 Å². The van der Waals surface area contributed by atoms with Gasteiger partial charge in [-0.2, -0.15) is 0 Å². The Hall–Kier alpha value is -0.0900. The molecule has 1 aliphatic carbocycles. The minimum absolute atomic E-state index is 0.179. The van der Waals surface area contributed by atoms with Crippen molar-refractivity contribution in [3.63, 3.8) is 0 Å². The Bertz CT molecular complexity index is 282. The molecule has 1 atom stereocenters. The molecule has 1 fully saturated rings. The molecule has 1 unspecified atom stereocenters. The standard InChI is InChI=1S/C15H28BrNO2/c1-5-19-13-6-11(7-13)8-14(18)17-10-12(16)9-15(2,3)4/h11-13H,5-10H2,1-4H3,(H,17,18). The largest absolute Gasteiger partial charge is 0.378 e. The second kappa shape index (κ2) is 7.63. The summed E-state index contributed by atoms with van der Waals surface area (Å²) in [4.78, 5) is 12.2. The van der Waals surface area contributed by atoms with Crippen LogP contribution in [0.3, 0.4) is 0 Å². The van der Waals surface area contributed by atoms with Crippen LogP contribution in [0, 0.1) is 11.3 Å². The first kappa shape index (κ1) is 17.0. The summed E-state index contributed by atoms with van der Waals surface area (Å²) in [6.45, 7) is 10.2. The number of hydrogen-bond donors (Lipinski definition) is 1. The predicted molar refractivity (Wildman–Crippen MR) is 82.6 cm³/mol. The van der Waals surface area contributed by atoms with Crippen LogP contribution in [0.15, 0.2) is 0 Å². The molecule has 0 heterocycles. The highest BCUT2D eigenvalue weighted by Gasteiger charge is 2.31. The molecule has 1 aliphatic rings. The van der Waals surface area contributed by atoms with Crippen LogP contribution < -0.4 is 5.32 Å². The molecule has 1 N–H and O–H groups in total. The number of carbonyl (C=O) groups excluding carboxylic acids is 1. The second-order valence-corrected chi connectivity index (χ2v) is 8.08. The van der Waals surface area contributed by atoms with E-state index in [1.165, 1.54) is 0 Å². The van der Waals surface area contributed by atoms with Gasteiger partial charge in [-0.15, -0.1) is 0 Å². The third-order valence-electron chi connectivity index (χ3n) is 3.42. The summed E-state index contributed by atoms with van der Waals surface area (Å²) in [5, 5.41) is 3.02. The van der Waals surface area contributed by atoms with Gasteiger partial charge in [-0.1, -0.05) is 36.7 Å². The number of halogens is 1. The molecule has 1 rings (SSSR count). The van der Waals surface area contributed by atoms with Gasteiger partial charge in [0.15, 0.2) is 0 Å². The third-order valence-corrected chi connectivity index (χ3v) is 4.07. The summed E-state index contributed by atoms with van der Waals surface area (Å²) in [5.41, 5.74) is 0.289. The van der Waals surface area contributed by atoms with Crippen LogP contribution in [0.4, 0.5) is 0 Å². The summed E-state index contributed by atoms with van der Waals surface area (Å²) in [6, 6.07) is 0. The van der Waals surface area contributed by atoms with E-state index in [-0.39, 0.29) is 11.3 Å². The highest BCUT2D eigenvalue weighted by Crippen LogP contribution is 2.32. The smallest absolute Gasteiger partial charge is 0.220 e. The Kier molecular flexibility index (Phi) is 6.81. The number of rotatable bonds is 7. The van der Waals surface area contributed by atoms with Crippen molar-refractivity contribution in [2.24, 2.45) is 11.3 Å². The van der Waals surface area contributed by atoms with Crippen molar-refractivity contribution >= 4 is 21.8 Å². The maximum absolute atomic E-state index is 11.8. The van der Waals surface area contributed by atoms with Gasteiger partial charge < -0.3 is 10.1 Å². The fourth-order valence-electron chi connectivity index (χ4n) is 2.51. The Labute approximate surface area is 126 Å². The van der Waals surface area contributed by atoms with Gasteiger partial charge in [0.25, 0.3) is 0 Å². The number of amides is 1. The third kappa shape index (κ3) is 7.31. The predicted octanol–water partition coefficient (Wildman–Crippen LogP) is 3.51. The SMILES string of the molecule is CCOC1CC(CC(=O)NCC(Br)CC(C)(C)C)C1. The maximum Gasteiger partial charge on any atom is 0.220 e. The Morgan fingerprint density at radius 2 is 2.05 bits per heavy atom. The number of ether oxygens (including phenoxy) is 1. The van der Waals surface area contributed by atoms with Crippen molar-refractivity contribution in [1.82, 2.24) is 5.32 Å². The van der Waals surface area contributed by atoms with Crippen LogP contribution in [0.2, 0.25) is 0 Å². The Balaban J connectivity index is 2.09. The lowest BCUT2D eigenvalue weighted by atomic mass is 9.80. The molecule has 19 heavy (non-hydrogen) atoms.